The molecule has 0 unspecified atom stereocenters. The highest BCUT2D eigenvalue weighted by Crippen LogP contribution is 2.37. The second-order valence-electron chi connectivity index (χ2n) is 9.71. The van der Waals surface area contributed by atoms with Gasteiger partial charge in [0.25, 0.3) is 0 Å². The Balaban J connectivity index is 1.51. The van der Waals surface area contributed by atoms with Crippen molar-refractivity contribution in [3.63, 3.8) is 0 Å². The van der Waals surface area contributed by atoms with Crippen LogP contribution in [0.1, 0.15) is 39.5 Å². The molecule has 0 amide bonds. The summed E-state index contributed by atoms with van der Waals surface area (Å²) in [6, 6.07) is 29.3. The van der Waals surface area contributed by atoms with E-state index >= 15 is 0 Å². The molecule has 2 aromatic carbocycles. The Kier molecular flexibility index (Phi) is 7.19. The first-order valence-corrected chi connectivity index (χ1v) is 12.4. The van der Waals surface area contributed by atoms with Gasteiger partial charge in [-0.05, 0) is 64.3 Å². The first kappa shape index (κ1) is 24.6. The lowest BCUT2D eigenvalue weighted by atomic mass is 9.88. The quantitative estimate of drug-likeness (QED) is 0.334. The van der Waals surface area contributed by atoms with E-state index < -0.39 is 37.1 Å². The monoisotopic (exact) mass is 484 g/mol. The average molecular weight is 485 g/mol. The second kappa shape index (κ2) is 10.5. The van der Waals surface area contributed by atoms with Crippen molar-refractivity contribution in [1.29, 1.82) is 0 Å². The minimum Gasteiger partial charge on any atom is -0.394 e. The Morgan fingerprint density at radius 1 is 0.722 bits per heavy atom. The number of hydrogen-bond donors (Lipinski definition) is 4. The van der Waals surface area contributed by atoms with Gasteiger partial charge in [-0.25, -0.2) is 0 Å². The lowest BCUT2D eigenvalue weighted by Crippen LogP contribution is -2.55. The van der Waals surface area contributed by atoms with Gasteiger partial charge < -0.3 is 25.2 Å². The molecule has 2 aromatic rings. The minimum absolute atomic E-state index is 0.444. The number of hydrogen-bond acceptors (Lipinski definition) is 5. The SMILES string of the molecule is Cc1ccc(Cc2cc3cccccc-3c2Cc2ccccc2)cc1[C@@H]1O[C@H](CO)[C@@H](O)[C@H](O)[C@H]1O. The third-order valence-electron chi connectivity index (χ3n) is 7.28. The van der Waals surface area contributed by atoms with Crippen molar-refractivity contribution in [1.82, 2.24) is 0 Å². The second-order valence-corrected chi connectivity index (χ2v) is 9.71. The van der Waals surface area contributed by atoms with Gasteiger partial charge in [0.1, 0.15) is 30.5 Å². The fourth-order valence-corrected chi connectivity index (χ4v) is 5.26. The minimum atomic E-state index is -1.40. The van der Waals surface area contributed by atoms with Crippen LogP contribution in [-0.4, -0.2) is 51.4 Å². The van der Waals surface area contributed by atoms with Crippen molar-refractivity contribution in [3.05, 3.63) is 118 Å². The molecule has 36 heavy (non-hydrogen) atoms. The first-order chi connectivity index (χ1) is 17.5. The van der Waals surface area contributed by atoms with E-state index in [1.807, 2.05) is 31.2 Å². The lowest BCUT2D eigenvalue weighted by Gasteiger charge is -2.40. The van der Waals surface area contributed by atoms with Gasteiger partial charge in [0.15, 0.2) is 0 Å². The van der Waals surface area contributed by atoms with Crippen LogP contribution in [0.15, 0.2) is 84.9 Å². The summed E-state index contributed by atoms with van der Waals surface area (Å²) in [6.07, 6.45) is -4.32. The molecular weight excluding hydrogens is 452 g/mol. The van der Waals surface area contributed by atoms with Crippen LogP contribution < -0.4 is 0 Å². The molecule has 1 aliphatic heterocycles. The molecule has 5 atom stereocenters. The summed E-state index contributed by atoms with van der Waals surface area (Å²) in [5.41, 5.74) is 8.93. The van der Waals surface area contributed by atoms with Gasteiger partial charge in [0.2, 0.25) is 0 Å². The van der Waals surface area contributed by atoms with Crippen molar-refractivity contribution in [2.75, 3.05) is 6.61 Å². The van der Waals surface area contributed by atoms with Gasteiger partial charge >= 0.3 is 0 Å². The molecule has 3 aliphatic rings. The summed E-state index contributed by atoms with van der Waals surface area (Å²) in [6.45, 7) is 1.48. The zero-order valence-electron chi connectivity index (χ0n) is 20.3. The lowest BCUT2D eigenvalue weighted by molar-refractivity contribution is -0.231. The number of aryl methyl sites for hydroxylation is 1. The van der Waals surface area contributed by atoms with E-state index in [1.54, 1.807) is 0 Å². The van der Waals surface area contributed by atoms with E-state index in [-0.39, 0.29) is 0 Å². The van der Waals surface area contributed by atoms with Crippen LogP contribution >= 0.6 is 0 Å². The van der Waals surface area contributed by atoms with Crippen LogP contribution in [0.5, 0.6) is 0 Å². The average Bonchev–Trinajstić information content (AvgIpc) is 3.04. The Morgan fingerprint density at radius 3 is 2.19 bits per heavy atom. The molecule has 5 nitrogen and oxygen atoms in total. The summed E-state index contributed by atoms with van der Waals surface area (Å²) < 4.78 is 5.85. The summed E-state index contributed by atoms with van der Waals surface area (Å²) in [5, 5.41) is 40.8. The summed E-state index contributed by atoms with van der Waals surface area (Å²) >= 11 is 0. The van der Waals surface area contributed by atoms with Gasteiger partial charge in [-0.3, -0.25) is 0 Å². The zero-order chi connectivity index (χ0) is 25.2. The highest BCUT2D eigenvalue weighted by atomic mass is 16.5. The normalized spacial score (nSPS) is 24.2. The molecule has 186 valence electrons. The van der Waals surface area contributed by atoms with E-state index in [2.05, 4.69) is 60.7 Å². The van der Waals surface area contributed by atoms with Crippen molar-refractivity contribution >= 4 is 0 Å². The number of benzene rings is 2. The molecule has 0 saturated carbocycles. The van der Waals surface area contributed by atoms with Crippen molar-refractivity contribution < 1.29 is 25.2 Å². The maximum atomic E-state index is 10.7. The molecular formula is C31H32O5. The van der Waals surface area contributed by atoms with E-state index in [9.17, 15) is 20.4 Å². The van der Waals surface area contributed by atoms with Gasteiger partial charge in [0, 0.05) is 0 Å². The smallest absolute Gasteiger partial charge is 0.113 e. The van der Waals surface area contributed by atoms with Crippen LogP contribution in [0, 0.1) is 6.92 Å². The van der Waals surface area contributed by atoms with Crippen molar-refractivity contribution in [2.45, 2.75) is 50.3 Å². The maximum Gasteiger partial charge on any atom is 0.113 e. The Bertz CT molecular complexity index is 1290. The molecule has 1 saturated heterocycles. The fraction of sp³-hybridized carbons (Fsp3) is 0.290. The Hall–Kier alpha value is -3.06. The molecule has 0 spiro atoms. The molecule has 4 N–H and O–H groups in total. The van der Waals surface area contributed by atoms with Crippen LogP contribution in [0.25, 0.3) is 11.1 Å². The van der Waals surface area contributed by atoms with E-state index in [4.69, 9.17) is 4.74 Å². The number of rotatable bonds is 6. The summed E-state index contributed by atoms with van der Waals surface area (Å²) in [5.74, 6) is 0. The number of fused-ring (bicyclic) bond motifs is 1. The molecule has 5 heteroatoms. The first-order valence-electron chi connectivity index (χ1n) is 12.4. The largest absolute Gasteiger partial charge is 0.394 e. The third-order valence-corrected chi connectivity index (χ3v) is 7.28. The number of aliphatic hydroxyl groups excluding tert-OH is 4. The predicted molar refractivity (Wildman–Crippen MR) is 139 cm³/mol. The van der Waals surface area contributed by atoms with Gasteiger partial charge in [-0.15, -0.1) is 0 Å². The highest BCUT2D eigenvalue weighted by molar-refractivity contribution is 5.74. The molecule has 5 rings (SSSR count). The summed E-state index contributed by atoms with van der Waals surface area (Å²) in [7, 11) is 0. The van der Waals surface area contributed by atoms with Gasteiger partial charge in [-0.1, -0.05) is 84.9 Å². The topological polar surface area (TPSA) is 90.2 Å². The predicted octanol–water partition coefficient (Wildman–Crippen LogP) is 3.80. The van der Waals surface area contributed by atoms with Crippen LogP contribution in [0.2, 0.25) is 0 Å². The van der Waals surface area contributed by atoms with Crippen molar-refractivity contribution in [2.24, 2.45) is 0 Å². The van der Waals surface area contributed by atoms with E-state index in [0.29, 0.717) is 6.42 Å². The van der Waals surface area contributed by atoms with Crippen LogP contribution in [-0.2, 0) is 17.6 Å². The molecule has 2 aliphatic carbocycles. The van der Waals surface area contributed by atoms with E-state index in [1.165, 1.54) is 27.8 Å². The molecule has 0 bridgehead atoms. The standard InChI is InChI=1S/C31H32O5/c1-19-12-13-21(16-25(19)31-30(35)29(34)28(33)27(18-32)36-31)14-23-17-22-10-6-3-7-11-24(22)26(23)15-20-8-4-2-5-9-20/h2-13,16-17,27-35H,14-15,18H2,1H3/t27-,28-,29+,30-,31+/m1/s1. The molecule has 1 fully saturated rings. The summed E-state index contributed by atoms with van der Waals surface area (Å²) in [4.78, 5) is 0. The molecule has 1 heterocycles. The zero-order valence-corrected chi connectivity index (χ0v) is 20.3. The Labute approximate surface area is 211 Å². The maximum absolute atomic E-state index is 10.7. The number of ether oxygens (including phenoxy) is 1. The van der Waals surface area contributed by atoms with Crippen molar-refractivity contribution in [3.8, 4) is 11.1 Å². The van der Waals surface area contributed by atoms with Gasteiger partial charge in [-0.2, -0.15) is 0 Å². The molecule has 0 radical (unpaired) electrons. The fourth-order valence-electron chi connectivity index (χ4n) is 5.26. The van der Waals surface area contributed by atoms with Crippen LogP contribution in [0.4, 0.5) is 0 Å². The van der Waals surface area contributed by atoms with Gasteiger partial charge in [0.05, 0.1) is 6.61 Å². The van der Waals surface area contributed by atoms with Crippen LogP contribution in [0.3, 0.4) is 0 Å². The molecule has 0 aromatic heterocycles. The Morgan fingerprint density at radius 2 is 1.44 bits per heavy atom. The third kappa shape index (κ3) is 4.81. The highest BCUT2D eigenvalue weighted by Gasteiger charge is 2.44. The number of aliphatic hydroxyl groups is 4. The van der Waals surface area contributed by atoms with E-state index in [0.717, 1.165) is 23.1 Å².